The molecule has 1 atom stereocenters. The molecule has 0 amide bonds. The molecular formula is C15H14Cl2INO. The van der Waals surface area contributed by atoms with Crippen LogP contribution in [0.1, 0.15) is 17.2 Å². The molecule has 1 N–H and O–H groups in total. The van der Waals surface area contributed by atoms with Gasteiger partial charge in [-0.15, -0.1) is 0 Å². The summed E-state index contributed by atoms with van der Waals surface area (Å²) < 4.78 is 6.36. The van der Waals surface area contributed by atoms with Crippen LogP contribution in [0, 0.1) is 3.57 Å². The average Bonchev–Trinajstić information content (AvgIpc) is 2.43. The molecule has 0 aromatic heterocycles. The highest BCUT2D eigenvalue weighted by Gasteiger charge is 2.18. The Morgan fingerprint density at radius 2 is 1.90 bits per heavy atom. The van der Waals surface area contributed by atoms with Gasteiger partial charge in [0, 0.05) is 14.7 Å². The van der Waals surface area contributed by atoms with Gasteiger partial charge in [-0.3, -0.25) is 0 Å². The van der Waals surface area contributed by atoms with E-state index in [1.807, 2.05) is 19.2 Å². The Hall–Kier alpha value is -0.490. The Kier molecular flexibility index (Phi) is 5.55. The van der Waals surface area contributed by atoms with Gasteiger partial charge >= 0.3 is 0 Å². The van der Waals surface area contributed by atoms with Gasteiger partial charge in [0.05, 0.1) is 18.2 Å². The van der Waals surface area contributed by atoms with E-state index in [2.05, 4.69) is 46.1 Å². The largest absolute Gasteiger partial charge is 0.495 e. The first kappa shape index (κ1) is 15.9. The lowest BCUT2D eigenvalue weighted by Crippen LogP contribution is -2.18. The summed E-state index contributed by atoms with van der Waals surface area (Å²) in [7, 11) is 3.48. The molecule has 0 aliphatic rings. The second-order valence-corrected chi connectivity index (χ2v) is 6.34. The zero-order chi connectivity index (χ0) is 14.7. The Bertz CT molecular complexity index is 619. The average molecular weight is 422 g/mol. The molecule has 0 spiro atoms. The highest BCUT2D eigenvalue weighted by molar-refractivity contribution is 14.1. The second-order valence-electron chi connectivity index (χ2n) is 4.28. The number of benzene rings is 2. The van der Waals surface area contributed by atoms with Gasteiger partial charge in [-0.25, -0.2) is 0 Å². The topological polar surface area (TPSA) is 21.3 Å². The lowest BCUT2D eigenvalue weighted by Gasteiger charge is -2.20. The Labute approximate surface area is 142 Å². The summed E-state index contributed by atoms with van der Waals surface area (Å²) in [4.78, 5) is 0. The number of hydrogen-bond acceptors (Lipinski definition) is 2. The monoisotopic (exact) mass is 421 g/mol. The van der Waals surface area contributed by atoms with Gasteiger partial charge in [-0.05, 0) is 59.0 Å². The molecule has 0 aliphatic carbocycles. The first-order chi connectivity index (χ1) is 9.56. The van der Waals surface area contributed by atoms with Crippen molar-refractivity contribution in [2.45, 2.75) is 6.04 Å². The number of nitrogens with one attached hydrogen (secondary N) is 1. The Balaban J connectivity index is 2.49. The lowest BCUT2D eigenvalue weighted by molar-refractivity contribution is 0.415. The van der Waals surface area contributed by atoms with Crippen LogP contribution >= 0.6 is 45.8 Å². The van der Waals surface area contributed by atoms with E-state index >= 15 is 0 Å². The van der Waals surface area contributed by atoms with Gasteiger partial charge in [0.25, 0.3) is 0 Å². The summed E-state index contributed by atoms with van der Waals surface area (Å²) in [5, 5.41) is 4.46. The molecule has 20 heavy (non-hydrogen) atoms. The summed E-state index contributed by atoms with van der Waals surface area (Å²) in [5.41, 5.74) is 2.07. The highest BCUT2D eigenvalue weighted by atomic mass is 127. The van der Waals surface area contributed by atoms with Crippen molar-refractivity contribution in [2.75, 3.05) is 14.2 Å². The molecule has 0 saturated heterocycles. The molecule has 0 saturated carbocycles. The van der Waals surface area contributed by atoms with Gasteiger partial charge in [0.15, 0.2) is 0 Å². The van der Waals surface area contributed by atoms with E-state index in [0.717, 1.165) is 11.1 Å². The van der Waals surface area contributed by atoms with Crippen molar-refractivity contribution >= 4 is 45.8 Å². The molecule has 5 heteroatoms. The Morgan fingerprint density at radius 3 is 2.50 bits per heavy atom. The molecule has 0 bridgehead atoms. The van der Waals surface area contributed by atoms with Crippen molar-refractivity contribution in [3.05, 3.63) is 61.1 Å². The molecule has 106 valence electrons. The molecule has 0 heterocycles. The summed E-state index contributed by atoms with van der Waals surface area (Å²) in [6.07, 6.45) is 0. The summed E-state index contributed by atoms with van der Waals surface area (Å²) in [5.74, 6) is 0.581. The molecule has 0 aliphatic heterocycles. The van der Waals surface area contributed by atoms with Crippen LogP contribution in [0.15, 0.2) is 36.4 Å². The fourth-order valence-corrected chi connectivity index (χ4v) is 3.19. The molecule has 2 aromatic rings. The first-order valence-corrected chi connectivity index (χ1v) is 7.86. The maximum atomic E-state index is 6.36. The van der Waals surface area contributed by atoms with Crippen LogP contribution in [-0.4, -0.2) is 14.2 Å². The van der Waals surface area contributed by atoms with E-state index in [1.165, 1.54) is 3.57 Å². The van der Waals surface area contributed by atoms with Crippen molar-refractivity contribution in [3.63, 3.8) is 0 Å². The van der Waals surface area contributed by atoms with Crippen molar-refractivity contribution < 1.29 is 4.74 Å². The van der Waals surface area contributed by atoms with Crippen LogP contribution in [0.25, 0.3) is 0 Å². The van der Waals surface area contributed by atoms with Crippen molar-refractivity contribution in [3.8, 4) is 5.75 Å². The van der Waals surface area contributed by atoms with Gasteiger partial charge < -0.3 is 10.1 Å². The fraction of sp³-hybridized carbons (Fsp3) is 0.200. The molecule has 0 fully saturated rings. The van der Waals surface area contributed by atoms with Gasteiger partial charge in [-0.1, -0.05) is 35.3 Å². The maximum Gasteiger partial charge on any atom is 0.138 e. The summed E-state index contributed by atoms with van der Waals surface area (Å²) >= 11 is 14.9. The van der Waals surface area contributed by atoms with Crippen LogP contribution in [0.4, 0.5) is 0 Å². The van der Waals surface area contributed by atoms with Crippen LogP contribution in [0.3, 0.4) is 0 Å². The number of ether oxygens (including phenoxy) is 1. The molecule has 2 nitrogen and oxygen atoms in total. The normalized spacial score (nSPS) is 12.2. The van der Waals surface area contributed by atoms with Crippen LogP contribution in [-0.2, 0) is 0 Å². The van der Waals surface area contributed by atoms with E-state index < -0.39 is 0 Å². The zero-order valence-corrected chi connectivity index (χ0v) is 14.8. The number of rotatable bonds is 4. The second kappa shape index (κ2) is 6.98. The molecule has 2 aromatic carbocycles. The van der Waals surface area contributed by atoms with Gasteiger partial charge in [-0.2, -0.15) is 0 Å². The first-order valence-electron chi connectivity index (χ1n) is 6.02. The van der Waals surface area contributed by atoms with E-state index in [9.17, 15) is 0 Å². The summed E-state index contributed by atoms with van der Waals surface area (Å²) in [6, 6.07) is 11.9. The number of hydrogen-bond donors (Lipinski definition) is 1. The van der Waals surface area contributed by atoms with E-state index in [4.69, 9.17) is 27.9 Å². The van der Waals surface area contributed by atoms with Crippen molar-refractivity contribution in [1.29, 1.82) is 0 Å². The van der Waals surface area contributed by atoms with E-state index in [-0.39, 0.29) is 6.04 Å². The molecule has 2 rings (SSSR count). The predicted octanol–water partition coefficient (Wildman–Crippen LogP) is 4.92. The van der Waals surface area contributed by atoms with E-state index in [0.29, 0.717) is 15.8 Å². The van der Waals surface area contributed by atoms with Crippen molar-refractivity contribution in [1.82, 2.24) is 5.32 Å². The smallest absolute Gasteiger partial charge is 0.138 e. The summed E-state index contributed by atoms with van der Waals surface area (Å²) in [6.45, 7) is 0. The minimum absolute atomic E-state index is 0.0133. The third kappa shape index (κ3) is 3.39. The quantitative estimate of drug-likeness (QED) is 0.707. The Morgan fingerprint density at radius 1 is 1.15 bits per heavy atom. The van der Waals surface area contributed by atoms with Crippen molar-refractivity contribution in [2.24, 2.45) is 0 Å². The van der Waals surface area contributed by atoms with Gasteiger partial charge in [0.1, 0.15) is 5.75 Å². The van der Waals surface area contributed by atoms with Crippen LogP contribution in [0.5, 0.6) is 5.75 Å². The zero-order valence-electron chi connectivity index (χ0n) is 11.1. The fourth-order valence-electron chi connectivity index (χ4n) is 2.11. The van der Waals surface area contributed by atoms with Gasteiger partial charge in [0.2, 0.25) is 0 Å². The molecular weight excluding hydrogens is 408 g/mol. The van der Waals surface area contributed by atoms with Crippen LogP contribution in [0.2, 0.25) is 10.0 Å². The minimum Gasteiger partial charge on any atom is -0.495 e. The number of halogens is 3. The number of methoxy groups -OCH3 is 1. The maximum absolute atomic E-state index is 6.36. The third-order valence-corrected chi connectivity index (χ3v) is 4.35. The standard InChI is InChI=1S/C15H14Cl2INO/c1-19-15(9-4-3-5-10(18)6-9)11-7-13(17)14(20-2)8-12(11)16/h3-8,15,19H,1-2H3. The van der Waals surface area contributed by atoms with Crippen LogP contribution < -0.4 is 10.1 Å². The molecule has 0 radical (unpaired) electrons. The highest BCUT2D eigenvalue weighted by Crippen LogP contribution is 2.36. The lowest BCUT2D eigenvalue weighted by atomic mass is 9.98. The predicted molar refractivity (Wildman–Crippen MR) is 93.1 cm³/mol. The third-order valence-electron chi connectivity index (χ3n) is 3.05. The SMILES string of the molecule is CNC(c1cccc(I)c1)c1cc(Cl)c(OC)cc1Cl. The van der Waals surface area contributed by atoms with E-state index in [1.54, 1.807) is 13.2 Å². The minimum atomic E-state index is -0.0133. The molecule has 1 unspecified atom stereocenters.